The molecule has 136 valence electrons. The molecule has 6 nitrogen and oxygen atoms in total. The summed E-state index contributed by atoms with van der Waals surface area (Å²) in [6, 6.07) is 16.6. The molecule has 2 aromatic rings. The molecule has 0 radical (unpaired) electrons. The molecule has 0 bridgehead atoms. The van der Waals surface area contributed by atoms with Crippen molar-refractivity contribution < 1.29 is 19.0 Å². The summed E-state index contributed by atoms with van der Waals surface area (Å²) in [5.41, 5.74) is 0.531. The van der Waals surface area contributed by atoms with Gasteiger partial charge >= 0.3 is 5.97 Å². The van der Waals surface area contributed by atoms with Crippen LogP contribution in [0, 0.1) is 0 Å². The summed E-state index contributed by atoms with van der Waals surface area (Å²) in [7, 11) is 0. The van der Waals surface area contributed by atoms with E-state index in [4.69, 9.17) is 14.2 Å². The number of rotatable bonds is 4. The Bertz CT molecular complexity index is 746. The molecule has 2 aliphatic rings. The Morgan fingerprint density at radius 2 is 1.65 bits per heavy atom. The number of ether oxygens (including phenoxy) is 3. The van der Waals surface area contributed by atoms with Crippen LogP contribution in [0.3, 0.4) is 0 Å². The predicted molar refractivity (Wildman–Crippen MR) is 96.4 cm³/mol. The normalized spacial score (nSPS) is 22.6. The number of benzene rings is 2. The highest BCUT2D eigenvalue weighted by atomic mass is 16.6. The van der Waals surface area contributed by atoms with E-state index in [0.717, 1.165) is 31.9 Å². The van der Waals surface area contributed by atoms with Crippen LogP contribution in [-0.4, -0.2) is 56.0 Å². The van der Waals surface area contributed by atoms with Gasteiger partial charge in [0.25, 0.3) is 0 Å². The number of carbonyl (C=O) groups excluding carboxylic acids is 1. The highest BCUT2D eigenvalue weighted by molar-refractivity contribution is 5.89. The molecule has 2 unspecified atom stereocenters. The minimum Gasteiger partial charge on any atom is -0.478 e. The lowest BCUT2D eigenvalue weighted by atomic mass is 10.2. The van der Waals surface area contributed by atoms with Crippen molar-refractivity contribution in [2.45, 2.75) is 12.3 Å². The third-order valence-electron chi connectivity index (χ3n) is 4.59. The van der Waals surface area contributed by atoms with Crippen LogP contribution >= 0.6 is 0 Å². The maximum Gasteiger partial charge on any atom is 0.338 e. The van der Waals surface area contributed by atoms with E-state index < -0.39 is 0 Å². The number of carbonyl (C=O) groups is 1. The van der Waals surface area contributed by atoms with Crippen LogP contribution in [0.5, 0.6) is 11.5 Å². The Morgan fingerprint density at radius 1 is 1.00 bits per heavy atom. The number of fused-ring (bicyclic) bond motifs is 1. The largest absolute Gasteiger partial charge is 0.478 e. The average molecular weight is 354 g/mol. The van der Waals surface area contributed by atoms with E-state index >= 15 is 0 Å². The zero-order chi connectivity index (χ0) is 17.8. The maximum absolute atomic E-state index is 12.3. The summed E-state index contributed by atoms with van der Waals surface area (Å²) < 4.78 is 17.8. The molecule has 0 saturated carbocycles. The summed E-state index contributed by atoms with van der Waals surface area (Å²) in [6.07, 6.45) is -0.661. The SMILES string of the molecule is O=C(OCC1Oc2ccccc2OC1N1CCNCC1)c1ccccc1. The predicted octanol–water partition coefficient (Wildman–Crippen LogP) is 1.91. The topological polar surface area (TPSA) is 60.0 Å². The van der Waals surface area contributed by atoms with Crippen LogP contribution in [-0.2, 0) is 4.74 Å². The van der Waals surface area contributed by atoms with E-state index in [1.54, 1.807) is 12.1 Å². The first kappa shape index (κ1) is 16.9. The van der Waals surface area contributed by atoms with Crippen molar-refractivity contribution in [3.05, 3.63) is 60.2 Å². The second-order valence-corrected chi connectivity index (χ2v) is 6.36. The molecule has 1 fully saturated rings. The van der Waals surface area contributed by atoms with Crippen molar-refractivity contribution in [3.63, 3.8) is 0 Å². The second-order valence-electron chi connectivity index (χ2n) is 6.36. The van der Waals surface area contributed by atoms with Crippen LogP contribution in [0.1, 0.15) is 10.4 Å². The van der Waals surface area contributed by atoms with E-state index in [2.05, 4.69) is 10.2 Å². The molecule has 4 rings (SSSR count). The van der Waals surface area contributed by atoms with Crippen molar-refractivity contribution >= 4 is 5.97 Å². The fourth-order valence-electron chi connectivity index (χ4n) is 3.25. The Balaban J connectivity index is 1.48. The lowest BCUT2D eigenvalue weighted by Gasteiger charge is -2.41. The molecule has 2 aromatic carbocycles. The molecular weight excluding hydrogens is 332 g/mol. The van der Waals surface area contributed by atoms with Crippen molar-refractivity contribution in [1.82, 2.24) is 10.2 Å². The summed E-state index contributed by atoms with van der Waals surface area (Å²) in [6.45, 7) is 3.66. The fourth-order valence-corrected chi connectivity index (χ4v) is 3.25. The van der Waals surface area contributed by atoms with E-state index in [-0.39, 0.29) is 24.9 Å². The minimum atomic E-state index is -0.379. The summed E-state index contributed by atoms with van der Waals surface area (Å²) in [5.74, 6) is 1.05. The van der Waals surface area contributed by atoms with Gasteiger partial charge in [-0.3, -0.25) is 4.90 Å². The lowest BCUT2D eigenvalue weighted by molar-refractivity contribution is -0.0982. The van der Waals surface area contributed by atoms with E-state index in [1.165, 1.54) is 0 Å². The second kappa shape index (κ2) is 7.76. The Kier molecular flexibility index (Phi) is 5.04. The molecule has 6 heteroatoms. The van der Waals surface area contributed by atoms with Crippen molar-refractivity contribution in [2.24, 2.45) is 0 Å². The van der Waals surface area contributed by atoms with Gasteiger partial charge in [0.15, 0.2) is 23.8 Å². The molecule has 2 aliphatic heterocycles. The molecule has 2 heterocycles. The van der Waals surface area contributed by atoms with Crippen molar-refractivity contribution in [1.29, 1.82) is 0 Å². The summed E-state index contributed by atoms with van der Waals surface area (Å²) >= 11 is 0. The first-order valence-electron chi connectivity index (χ1n) is 8.90. The molecule has 2 atom stereocenters. The lowest BCUT2D eigenvalue weighted by Crippen LogP contribution is -2.58. The molecule has 1 saturated heterocycles. The number of nitrogens with zero attached hydrogens (tertiary/aromatic N) is 1. The fraction of sp³-hybridized carbons (Fsp3) is 0.350. The zero-order valence-corrected chi connectivity index (χ0v) is 14.5. The maximum atomic E-state index is 12.3. The van der Waals surface area contributed by atoms with Crippen LogP contribution in [0.15, 0.2) is 54.6 Å². The summed E-state index contributed by atoms with van der Waals surface area (Å²) in [5, 5.41) is 3.34. The number of para-hydroxylation sites is 2. The quantitative estimate of drug-likeness (QED) is 0.847. The van der Waals surface area contributed by atoms with Crippen LogP contribution in [0.25, 0.3) is 0 Å². The standard InChI is InChI=1S/C20H22N2O4/c23-20(15-6-2-1-3-7-15)24-14-18-19(22-12-10-21-11-13-22)26-17-9-5-4-8-16(17)25-18/h1-9,18-19,21H,10-14H2. The molecule has 26 heavy (non-hydrogen) atoms. The van der Waals surface area contributed by atoms with E-state index in [9.17, 15) is 4.79 Å². The van der Waals surface area contributed by atoms with Crippen LogP contribution in [0.2, 0.25) is 0 Å². The molecule has 0 spiro atoms. The van der Waals surface area contributed by atoms with Crippen molar-refractivity contribution in [3.8, 4) is 11.5 Å². The van der Waals surface area contributed by atoms with Gasteiger partial charge in [0.2, 0.25) is 0 Å². The van der Waals surface area contributed by atoms with Gasteiger partial charge in [-0.2, -0.15) is 0 Å². The monoisotopic (exact) mass is 354 g/mol. The first-order valence-corrected chi connectivity index (χ1v) is 8.90. The minimum absolute atomic E-state index is 0.136. The third kappa shape index (κ3) is 3.66. The van der Waals surface area contributed by atoms with Crippen LogP contribution < -0.4 is 14.8 Å². The molecule has 0 aromatic heterocycles. The van der Waals surface area contributed by atoms with Crippen LogP contribution in [0.4, 0.5) is 0 Å². The third-order valence-corrected chi connectivity index (χ3v) is 4.59. The van der Waals surface area contributed by atoms with Gasteiger partial charge in [0.05, 0.1) is 5.56 Å². The molecular formula is C20H22N2O4. The molecule has 1 N–H and O–H groups in total. The Morgan fingerprint density at radius 3 is 2.38 bits per heavy atom. The average Bonchev–Trinajstić information content (AvgIpc) is 2.72. The number of esters is 1. The van der Waals surface area contributed by atoms with Gasteiger partial charge in [-0.15, -0.1) is 0 Å². The van der Waals surface area contributed by atoms with Gasteiger partial charge < -0.3 is 19.5 Å². The Labute approximate surface area is 152 Å². The Hall–Kier alpha value is -2.57. The van der Waals surface area contributed by atoms with Gasteiger partial charge in [0.1, 0.15) is 6.61 Å². The zero-order valence-electron chi connectivity index (χ0n) is 14.5. The van der Waals surface area contributed by atoms with E-state index in [1.807, 2.05) is 42.5 Å². The number of piperazine rings is 1. The molecule has 0 amide bonds. The number of hydrogen-bond acceptors (Lipinski definition) is 6. The first-order chi connectivity index (χ1) is 12.8. The highest BCUT2D eigenvalue weighted by Gasteiger charge is 2.37. The molecule has 0 aliphatic carbocycles. The smallest absolute Gasteiger partial charge is 0.338 e. The van der Waals surface area contributed by atoms with Crippen molar-refractivity contribution in [2.75, 3.05) is 32.8 Å². The van der Waals surface area contributed by atoms with Gasteiger partial charge in [-0.05, 0) is 24.3 Å². The van der Waals surface area contributed by atoms with E-state index in [0.29, 0.717) is 11.3 Å². The van der Waals surface area contributed by atoms with Gasteiger partial charge in [-0.1, -0.05) is 30.3 Å². The highest BCUT2D eigenvalue weighted by Crippen LogP contribution is 2.34. The van der Waals surface area contributed by atoms with Gasteiger partial charge in [0, 0.05) is 26.2 Å². The van der Waals surface area contributed by atoms with Gasteiger partial charge in [-0.25, -0.2) is 4.79 Å². The summed E-state index contributed by atoms with van der Waals surface area (Å²) in [4.78, 5) is 14.5. The number of hydrogen-bond donors (Lipinski definition) is 1. The number of nitrogens with one attached hydrogen (secondary N) is 1.